The van der Waals surface area contributed by atoms with Crippen molar-refractivity contribution in [3.8, 4) is 0 Å². The van der Waals surface area contributed by atoms with Crippen LogP contribution >= 0.6 is 11.6 Å². The maximum atomic E-state index is 11.0. The van der Waals surface area contributed by atoms with E-state index in [4.69, 9.17) is 16.3 Å². The van der Waals surface area contributed by atoms with Crippen LogP contribution in [0.4, 0.5) is 0 Å². The van der Waals surface area contributed by atoms with Crippen LogP contribution in [-0.2, 0) is 16.1 Å². The maximum Gasteiger partial charge on any atom is 0.309 e. The van der Waals surface area contributed by atoms with E-state index in [1.54, 1.807) is 12.1 Å². The Kier molecular flexibility index (Phi) is 4.20. The summed E-state index contributed by atoms with van der Waals surface area (Å²) >= 11 is 5.70. The minimum absolute atomic E-state index is 0.244. The van der Waals surface area contributed by atoms with Crippen molar-refractivity contribution in [3.05, 3.63) is 47.5 Å². The van der Waals surface area contributed by atoms with Gasteiger partial charge in [-0.3, -0.25) is 4.79 Å². The van der Waals surface area contributed by atoms with Crippen LogP contribution in [0.1, 0.15) is 12.0 Å². The molecule has 2 nitrogen and oxygen atoms in total. The zero-order valence-electron chi connectivity index (χ0n) is 7.70. The van der Waals surface area contributed by atoms with Crippen molar-refractivity contribution in [3.63, 3.8) is 0 Å². The molecule has 0 spiro atoms. The molecule has 0 N–H and O–H groups in total. The van der Waals surface area contributed by atoms with Gasteiger partial charge in [0.15, 0.2) is 0 Å². The highest BCUT2D eigenvalue weighted by molar-refractivity contribution is 6.30. The molecule has 0 amide bonds. The van der Waals surface area contributed by atoms with Crippen molar-refractivity contribution in [2.45, 2.75) is 13.0 Å². The van der Waals surface area contributed by atoms with Gasteiger partial charge < -0.3 is 4.74 Å². The SMILES string of the molecule is C=CCC(=O)OCc1ccc(Cl)cc1. The average molecular weight is 211 g/mol. The third-order valence-electron chi connectivity index (χ3n) is 1.62. The second-order valence-electron chi connectivity index (χ2n) is 2.78. The lowest BCUT2D eigenvalue weighted by Gasteiger charge is -2.02. The molecule has 0 fully saturated rings. The topological polar surface area (TPSA) is 26.3 Å². The van der Waals surface area contributed by atoms with E-state index in [0.717, 1.165) is 5.56 Å². The highest BCUT2D eigenvalue weighted by Gasteiger charge is 1.99. The predicted octanol–water partition coefficient (Wildman–Crippen LogP) is 2.96. The summed E-state index contributed by atoms with van der Waals surface area (Å²) in [6, 6.07) is 7.17. The molecule has 0 atom stereocenters. The fourth-order valence-electron chi connectivity index (χ4n) is 0.921. The molecule has 0 radical (unpaired) electrons. The van der Waals surface area contributed by atoms with Crippen molar-refractivity contribution in [2.24, 2.45) is 0 Å². The summed E-state index contributed by atoms with van der Waals surface area (Å²) in [4.78, 5) is 11.0. The Morgan fingerprint density at radius 1 is 1.43 bits per heavy atom. The minimum Gasteiger partial charge on any atom is -0.461 e. The molecule has 0 aliphatic carbocycles. The molecule has 0 unspecified atom stereocenters. The number of carbonyl (C=O) groups excluding carboxylic acids is 1. The summed E-state index contributed by atoms with van der Waals surface area (Å²) in [5.41, 5.74) is 0.923. The number of hydrogen-bond donors (Lipinski definition) is 0. The Morgan fingerprint density at radius 2 is 2.07 bits per heavy atom. The van der Waals surface area contributed by atoms with Crippen LogP contribution in [0.15, 0.2) is 36.9 Å². The van der Waals surface area contributed by atoms with Crippen molar-refractivity contribution < 1.29 is 9.53 Å². The van der Waals surface area contributed by atoms with Gasteiger partial charge in [0.1, 0.15) is 6.61 Å². The lowest BCUT2D eigenvalue weighted by molar-refractivity contribution is -0.143. The van der Waals surface area contributed by atoms with Crippen LogP contribution in [0.3, 0.4) is 0 Å². The van der Waals surface area contributed by atoms with E-state index < -0.39 is 0 Å². The van der Waals surface area contributed by atoms with E-state index in [9.17, 15) is 4.79 Å². The van der Waals surface area contributed by atoms with Gasteiger partial charge in [0.2, 0.25) is 0 Å². The first kappa shape index (κ1) is 10.8. The molecule has 1 aromatic carbocycles. The molecular formula is C11H11ClO2. The van der Waals surface area contributed by atoms with E-state index in [2.05, 4.69) is 6.58 Å². The van der Waals surface area contributed by atoms with Crippen molar-refractivity contribution in [1.29, 1.82) is 0 Å². The molecule has 0 bridgehead atoms. The van der Waals surface area contributed by atoms with Gasteiger partial charge in [0.25, 0.3) is 0 Å². The van der Waals surface area contributed by atoms with Gasteiger partial charge in [-0.2, -0.15) is 0 Å². The smallest absolute Gasteiger partial charge is 0.309 e. The quantitative estimate of drug-likeness (QED) is 0.564. The first-order chi connectivity index (χ1) is 6.72. The zero-order valence-corrected chi connectivity index (χ0v) is 8.46. The van der Waals surface area contributed by atoms with E-state index >= 15 is 0 Å². The summed E-state index contributed by atoms with van der Waals surface area (Å²) in [6.45, 7) is 3.73. The second kappa shape index (κ2) is 5.45. The van der Waals surface area contributed by atoms with Gasteiger partial charge in [-0.25, -0.2) is 0 Å². The molecule has 0 saturated carbocycles. The monoisotopic (exact) mass is 210 g/mol. The number of carbonyl (C=O) groups is 1. The Morgan fingerprint density at radius 3 is 2.64 bits per heavy atom. The Balaban J connectivity index is 2.41. The van der Waals surface area contributed by atoms with Crippen LogP contribution in [0.5, 0.6) is 0 Å². The Labute approximate surface area is 88.1 Å². The Bertz CT molecular complexity index is 317. The molecule has 0 saturated heterocycles. The van der Waals surface area contributed by atoms with E-state index in [-0.39, 0.29) is 19.0 Å². The fraction of sp³-hybridized carbons (Fsp3) is 0.182. The van der Waals surface area contributed by atoms with Gasteiger partial charge in [-0.05, 0) is 17.7 Å². The average Bonchev–Trinajstić information content (AvgIpc) is 2.17. The first-order valence-corrected chi connectivity index (χ1v) is 4.61. The first-order valence-electron chi connectivity index (χ1n) is 4.23. The molecular weight excluding hydrogens is 200 g/mol. The predicted molar refractivity (Wildman–Crippen MR) is 56.1 cm³/mol. The summed E-state index contributed by atoms with van der Waals surface area (Å²) < 4.78 is 4.96. The van der Waals surface area contributed by atoms with E-state index in [1.165, 1.54) is 6.08 Å². The molecule has 3 heteroatoms. The molecule has 1 aromatic rings. The van der Waals surface area contributed by atoms with Gasteiger partial charge in [0, 0.05) is 5.02 Å². The van der Waals surface area contributed by atoms with Crippen LogP contribution in [0.25, 0.3) is 0 Å². The van der Waals surface area contributed by atoms with Gasteiger partial charge in [0.05, 0.1) is 6.42 Å². The summed E-state index contributed by atoms with van der Waals surface area (Å²) in [5, 5.41) is 0.672. The van der Waals surface area contributed by atoms with Crippen LogP contribution in [0, 0.1) is 0 Å². The lowest BCUT2D eigenvalue weighted by atomic mass is 10.2. The normalized spacial score (nSPS) is 9.50. The van der Waals surface area contributed by atoms with E-state index in [1.807, 2.05) is 12.1 Å². The lowest BCUT2D eigenvalue weighted by Crippen LogP contribution is -2.02. The van der Waals surface area contributed by atoms with Crippen molar-refractivity contribution in [1.82, 2.24) is 0 Å². The van der Waals surface area contributed by atoms with Gasteiger partial charge in [-0.1, -0.05) is 29.8 Å². The molecule has 0 aliphatic rings. The highest BCUT2D eigenvalue weighted by atomic mass is 35.5. The molecule has 0 heterocycles. The van der Waals surface area contributed by atoms with Crippen molar-refractivity contribution in [2.75, 3.05) is 0 Å². The number of benzene rings is 1. The molecule has 0 aromatic heterocycles. The van der Waals surface area contributed by atoms with Crippen LogP contribution in [-0.4, -0.2) is 5.97 Å². The third-order valence-corrected chi connectivity index (χ3v) is 1.88. The highest BCUT2D eigenvalue weighted by Crippen LogP contribution is 2.10. The largest absolute Gasteiger partial charge is 0.461 e. The number of hydrogen-bond acceptors (Lipinski definition) is 2. The zero-order chi connectivity index (χ0) is 10.4. The Hall–Kier alpha value is -1.28. The fourth-order valence-corrected chi connectivity index (χ4v) is 1.05. The minimum atomic E-state index is -0.269. The maximum absolute atomic E-state index is 11.0. The van der Waals surface area contributed by atoms with Crippen LogP contribution in [0.2, 0.25) is 5.02 Å². The van der Waals surface area contributed by atoms with Gasteiger partial charge >= 0.3 is 5.97 Å². The number of ether oxygens (including phenoxy) is 1. The molecule has 14 heavy (non-hydrogen) atoms. The molecule has 1 rings (SSSR count). The van der Waals surface area contributed by atoms with Crippen molar-refractivity contribution >= 4 is 17.6 Å². The van der Waals surface area contributed by atoms with Crippen LogP contribution < -0.4 is 0 Å². The summed E-state index contributed by atoms with van der Waals surface area (Å²) in [6.07, 6.45) is 1.76. The molecule has 74 valence electrons. The second-order valence-corrected chi connectivity index (χ2v) is 3.22. The number of halogens is 1. The number of rotatable bonds is 4. The van der Waals surface area contributed by atoms with Gasteiger partial charge in [-0.15, -0.1) is 6.58 Å². The molecule has 0 aliphatic heterocycles. The standard InChI is InChI=1S/C11H11ClO2/c1-2-3-11(13)14-8-9-4-6-10(12)7-5-9/h2,4-7H,1,3,8H2. The van der Waals surface area contributed by atoms with E-state index in [0.29, 0.717) is 5.02 Å². The summed E-state index contributed by atoms with van der Waals surface area (Å²) in [5.74, 6) is -0.269. The third kappa shape index (κ3) is 3.62. The number of esters is 1. The summed E-state index contributed by atoms with van der Waals surface area (Å²) in [7, 11) is 0.